The molecular formula is C26H32N2O. The number of aryl methyl sites for hydroxylation is 4. The van der Waals surface area contributed by atoms with Gasteiger partial charge in [0.15, 0.2) is 0 Å². The molecule has 3 aliphatic carbocycles. The van der Waals surface area contributed by atoms with Gasteiger partial charge in [-0.05, 0) is 106 Å². The van der Waals surface area contributed by atoms with Gasteiger partial charge in [0.1, 0.15) is 0 Å². The summed E-state index contributed by atoms with van der Waals surface area (Å²) in [5, 5.41) is 3.24. The summed E-state index contributed by atoms with van der Waals surface area (Å²) >= 11 is 0. The lowest BCUT2D eigenvalue weighted by atomic mass is 9.43. The van der Waals surface area contributed by atoms with Crippen LogP contribution in [0.15, 0.2) is 30.3 Å². The van der Waals surface area contributed by atoms with Gasteiger partial charge in [-0.15, -0.1) is 0 Å². The Balaban J connectivity index is 1.40. The summed E-state index contributed by atoms with van der Waals surface area (Å²) in [5.74, 6) is 1.11. The van der Waals surface area contributed by atoms with Gasteiger partial charge in [-0.25, -0.2) is 0 Å². The molecule has 0 aromatic heterocycles. The lowest BCUT2D eigenvalue weighted by Gasteiger charge is -2.61. The van der Waals surface area contributed by atoms with Gasteiger partial charge in [0.2, 0.25) is 5.91 Å². The Kier molecular flexibility index (Phi) is 4.45. The largest absolute Gasteiger partial charge is 0.341 e. The first kappa shape index (κ1) is 18.7. The van der Waals surface area contributed by atoms with Crippen molar-refractivity contribution in [1.82, 2.24) is 0 Å². The standard InChI is InChI=1S/C26H32N2O/c1-17-7-8-23-21(10-17)6-4-5-9-28(23)22-11-18(2)25(19(3)12-22)27-24(29)16-26-13-20(14-26)15-26/h7-8,10-12,20H,4-6,9,13-16H2,1-3H3,(H,27,29). The molecule has 3 heteroatoms. The monoisotopic (exact) mass is 388 g/mol. The zero-order valence-electron chi connectivity index (χ0n) is 18.0. The molecule has 1 aliphatic heterocycles. The molecule has 3 nitrogen and oxygen atoms in total. The van der Waals surface area contributed by atoms with Gasteiger partial charge < -0.3 is 10.2 Å². The second-order valence-corrected chi connectivity index (χ2v) is 9.90. The van der Waals surface area contributed by atoms with Crippen LogP contribution in [0.3, 0.4) is 0 Å². The first-order valence-corrected chi connectivity index (χ1v) is 11.2. The van der Waals surface area contributed by atoms with Crippen LogP contribution < -0.4 is 10.2 Å². The third kappa shape index (κ3) is 3.35. The highest BCUT2D eigenvalue weighted by atomic mass is 16.1. The number of anilines is 3. The molecule has 1 amide bonds. The smallest absolute Gasteiger partial charge is 0.224 e. The third-order valence-corrected chi connectivity index (χ3v) is 7.40. The quantitative estimate of drug-likeness (QED) is 0.675. The average Bonchev–Trinajstić information content (AvgIpc) is 2.82. The molecule has 0 atom stereocenters. The SMILES string of the molecule is Cc1ccc2c(c1)CCCCN2c1cc(C)c(NC(=O)CC23CC(C2)C3)c(C)c1. The number of hydrogen-bond donors (Lipinski definition) is 1. The molecule has 1 N–H and O–H groups in total. The van der Waals surface area contributed by atoms with Gasteiger partial charge in [0, 0.05) is 30.0 Å². The van der Waals surface area contributed by atoms with Crippen molar-refractivity contribution in [2.45, 2.75) is 65.7 Å². The molecule has 2 aromatic carbocycles. The van der Waals surface area contributed by atoms with Crippen molar-refractivity contribution in [2.24, 2.45) is 11.3 Å². The van der Waals surface area contributed by atoms with E-state index in [1.165, 1.54) is 54.6 Å². The van der Waals surface area contributed by atoms with Crippen LogP contribution in [0.25, 0.3) is 0 Å². The van der Waals surface area contributed by atoms with E-state index >= 15 is 0 Å². The Morgan fingerprint density at radius 3 is 2.45 bits per heavy atom. The van der Waals surface area contributed by atoms with Crippen molar-refractivity contribution in [1.29, 1.82) is 0 Å². The number of amides is 1. The van der Waals surface area contributed by atoms with Crippen LogP contribution in [-0.4, -0.2) is 12.5 Å². The highest BCUT2D eigenvalue weighted by Gasteiger charge is 2.56. The maximum atomic E-state index is 12.7. The predicted molar refractivity (Wildman–Crippen MR) is 120 cm³/mol. The van der Waals surface area contributed by atoms with Crippen LogP contribution in [-0.2, 0) is 11.2 Å². The number of rotatable bonds is 4. The summed E-state index contributed by atoms with van der Waals surface area (Å²) in [5.41, 5.74) is 9.03. The molecule has 3 fully saturated rings. The van der Waals surface area contributed by atoms with Crippen LogP contribution in [0.4, 0.5) is 17.1 Å². The molecule has 2 bridgehead atoms. The number of benzene rings is 2. The van der Waals surface area contributed by atoms with Gasteiger partial charge in [0.25, 0.3) is 0 Å². The maximum absolute atomic E-state index is 12.7. The fourth-order valence-corrected chi connectivity index (χ4v) is 5.84. The highest BCUT2D eigenvalue weighted by molar-refractivity contribution is 5.93. The molecule has 29 heavy (non-hydrogen) atoms. The van der Waals surface area contributed by atoms with Crippen LogP contribution >= 0.6 is 0 Å². The van der Waals surface area contributed by atoms with Crippen molar-refractivity contribution < 1.29 is 4.79 Å². The molecule has 0 saturated heterocycles. The fourth-order valence-electron chi connectivity index (χ4n) is 5.84. The van der Waals surface area contributed by atoms with Crippen LogP contribution in [0, 0.1) is 32.1 Å². The highest BCUT2D eigenvalue weighted by Crippen LogP contribution is 2.66. The lowest BCUT2D eigenvalue weighted by Crippen LogP contribution is -2.53. The van der Waals surface area contributed by atoms with E-state index in [4.69, 9.17) is 0 Å². The molecule has 0 unspecified atom stereocenters. The third-order valence-electron chi connectivity index (χ3n) is 7.40. The maximum Gasteiger partial charge on any atom is 0.224 e. The van der Waals surface area contributed by atoms with E-state index in [-0.39, 0.29) is 5.91 Å². The number of hydrogen-bond acceptors (Lipinski definition) is 2. The minimum atomic E-state index is 0.192. The van der Waals surface area contributed by atoms with Gasteiger partial charge in [-0.3, -0.25) is 4.79 Å². The van der Waals surface area contributed by atoms with Gasteiger partial charge >= 0.3 is 0 Å². The number of nitrogens with one attached hydrogen (secondary N) is 1. The summed E-state index contributed by atoms with van der Waals surface area (Å²) < 4.78 is 0. The molecule has 3 saturated carbocycles. The zero-order valence-corrected chi connectivity index (χ0v) is 18.0. The summed E-state index contributed by atoms with van der Waals surface area (Å²) in [7, 11) is 0. The van der Waals surface area contributed by atoms with Crippen LogP contribution in [0.1, 0.15) is 60.8 Å². The van der Waals surface area contributed by atoms with Gasteiger partial charge in [-0.1, -0.05) is 17.7 Å². The Bertz CT molecular complexity index is 937. The Hall–Kier alpha value is -2.29. The second-order valence-electron chi connectivity index (χ2n) is 9.90. The van der Waals surface area contributed by atoms with Crippen molar-refractivity contribution in [2.75, 3.05) is 16.8 Å². The minimum absolute atomic E-state index is 0.192. The number of carbonyl (C=O) groups is 1. The van der Waals surface area contributed by atoms with E-state index < -0.39 is 0 Å². The molecule has 152 valence electrons. The van der Waals surface area contributed by atoms with Crippen molar-refractivity contribution in [3.63, 3.8) is 0 Å². The Morgan fingerprint density at radius 2 is 1.79 bits per heavy atom. The summed E-state index contributed by atoms with van der Waals surface area (Å²) in [6.45, 7) is 7.47. The zero-order chi connectivity index (χ0) is 20.2. The van der Waals surface area contributed by atoms with Crippen molar-refractivity contribution in [3.05, 3.63) is 52.6 Å². The molecule has 1 heterocycles. The summed E-state index contributed by atoms with van der Waals surface area (Å²) in [4.78, 5) is 15.1. The van der Waals surface area contributed by atoms with Gasteiger partial charge in [-0.2, -0.15) is 0 Å². The van der Waals surface area contributed by atoms with Crippen molar-refractivity contribution in [3.8, 4) is 0 Å². The van der Waals surface area contributed by atoms with Gasteiger partial charge in [0.05, 0.1) is 0 Å². The average molecular weight is 389 g/mol. The Labute approximate surface area is 174 Å². The molecule has 0 radical (unpaired) electrons. The van der Waals surface area contributed by atoms with Crippen molar-refractivity contribution >= 4 is 23.0 Å². The first-order valence-electron chi connectivity index (χ1n) is 11.2. The van der Waals surface area contributed by atoms with E-state index in [9.17, 15) is 4.79 Å². The second kappa shape index (κ2) is 6.90. The topological polar surface area (TPSA) is 32.3 Å². The normalized spacial score (nSPS) is 24.8. The molecule has 0 spiro atoms. The lowest BCUT2D eigenvalue weighted by molar-refractivity contribution is -0.139. The molecular weight excluding hydrogens is 356 g/mol. The van der Waals surface area contributed by atoms with E-state index in [1.54, 1.807) is 0 Å². The van der Waals surface area contributed by atoms with E-state index in [0.717, 1.165) is 35.7 Å². The summed E-state index contributed by atoms with van der Waals surface area (Å²) in [6.07, 6.45) is 8.10. The fraction of sp³-hybridized carbons (Fsp3) is 0.500. The van der Waals surface area contributed by atoms with E-state index in [0.29, 0.717) is 11.8 Å². The molecule has 6 rings (SSSR count). The van der Waals surface area contributed by atoms with Crippen LogP contribution in [0.2, 0.25) is 0 Å². The molecule has 2 aromatic rings. The minimum Gasteiger partial charge on any atom is -0.341 e. The number of fused-ring (bicyclic) bond motifs is 1. The Morgan fingerprint density at radius 1 is 1.07 bits per heavy atom. The summed E-state index contributed by atoms with van der Waals surface area (Å²) in [6, 6.07) is 11.3. The number of carbonyl (C=O) groups excluding carboxylic acids is 1. The number of nitrogens with zero attached hydrogens (tertiary/aromatic N) is 1. The van der Waals surface area contributed by atoms with E-state index in [2.05, 4.69) is 61.3 Å². The predicted octanol–water partition coefficient (Wildman–Crippen LogP) is 6.21. The van der Waals surface area contributed by atoms with E-state index in [1.807, 2.05) is 0 Å². The first-order chi connectivity index (χ1) is 13.9. The molecule has 4 aliphatic rings. The van der Waals surface area contributed by atoms with Crippen LogP contribution in [0.5, 0.6) is 0 Å².